The summed E-state index contributed by atoms with van der Waals surface area (Å²) in [6.45, 7) is 7.43. The smallest absolute Gasteiger partial charge is 0.315 e. The first-order chi connectivity index (χ1) is 47.4. The van der Waals surface area contributed by atoms with Gasteiger partial charge in [0.05, 0.1) is 121 Å². The lowest BCUT2D eigenvalue weighted by Crippen LogP contribution is -2.49. The zero-order valence-corrected chi connectivity index (χ0v) is 59.0. The van der Waals surface area contributed by atoms with E-state index in [1.165, 1.54) is 16.4 Å². The average molecular weight is 1480 g/mol. The molecule has 9 N–H and O–H groups in total. The van der Waals surface area contributed by atoms with Crippen molar-refractivity contribution in [1.29, 1.82) is 0 Å². The van der Waals surface area contributed by atoms with E-state index >= 15 is 0 Å². The van der Waals surface area contributed by atoms with Gasteiger partial charge in [-0.15, -0.1) is 10.2 Å². The highest BCUT2D eigenvalue weighted by molar-refractivity contribution is 7.89. The van der Waals surface area contributed by atoms with Crippen LogP contribution in [-0.2, 0) is 78.9 Å². The summed E-state index contributed by atoms with van der Waals surface area (Å²) in [6.07, 6.45) is 9.33. The van der Waals surface area contributed by atoms with Gasteiger partial charge < -0.3 is 61.2 Å². The number of ether oxygens (including phenoxy) is 6. The van der Waals surface area contributed by atoms with Crippen molar-refractivity contribution < 1.29 is 54.8 Å². The largest absolute Gasteiger partial charge is 0.484 e. The van der Waals surface area contributed by atoms with Crippen molar-refractivity contribution in [2.45, 2.75) is 119 Å². The number of aromatic nitrogens is 6. The Kier molecular flexibility index (Phi) is 28.1. The van der Waals surface area contributed by atoms with Gasteiger partial charge in [0, 0.05) is 76.0 Å². The molecule has 2 saturated heterocycles. The topological polar surface area (TPSA) is 341 Å². The Morgan fingerprint density at radius 2 is 1.05 bits per heavy atom. The fourth-order valence-corrected chi connectivity index (χ4v) is 15.2. The van der Waals surface area contributed by atoms with Crippen LogP contribution < -0.4 is 51.2 Å². The molecule has 2 aliphatic heterocycles. The Labute approximate surface area is 592 Å². The highest BCUT2D eigenvalue weighted by Gasteiger charge is 2.42. The van der Waals surface area contributed by atoms with Gasteiger partial charge in [-0.2, -0.15) is 0 Å². The van der Waals surface area contributed by atoms with Crippen LogP contribution in [-0.4, -0.2) is 198 Å². The summed E-state index contributed by atoms with van der Waals surface area (Å²) in [4.78, 5) is 29.7. The van der Waals surface area contributed by atoms with Crippen LogP contribution in [0.25, 0.3) is 0 Å². The minimum atomic E-state index is -3.82. The van der Waals surface area contributed by atoms with E-state index in [-0.39, 0.29) is 119 Å². The molecule has 0 unspecified atom stereocenters. The molecular weight excluding hydrogens is 1390 g/mol. The fourth-order valence-electron chi connectivity index (χ4n) is 12.5. The van der Waals surface area contributed by atoms with E-state index in [2.05, 4.69) is 56.4 Å². The Hall–Kier alpha value is -6.20. The van der Waals surface area contributed by atoms with Crippen molar-refractivity contribution in [2.75, 3.05) is 110 Å². The van der Waals surface area contributed by atoms with Gasteiger partial charge in [0.1, 0.15) is 35.1 Å². The van der Waals surface area contributed by atoms with Gasteiger partial charge >= 0.3 is 12.1 Å². The second-order valence-electron chi connectivity index (χ2n) is 24.4. The number of hydrogen-bond donors (Lipinski definition) is 8. The van der Waals surface area contributed by atoms with E-state index in [1.807, 2.05) is 12.1 Å². The van der Waals surface area contributed by atoms with Gasteiger partial charge in [0.2, 0.25) is 20.9 Å². The van der Waals surface area contributed by atoms with E-state index in [9.17, 15) is 26.4 Å². The van der Waals surface area contributed by atoms with Crippen LogP contribution in [0.4, 0.5) is 15.3 Å². The number of sulfonamides is 1. The predicted octanol–water partition coefficient (Wildman–Crippen LogP) is 5.58. The van der Waals surface area contributed by atoms with Crippen molar-refractivity contribution >= 4 is 85.1 Å². The molecule has 0 spiro atoms. The number of unbranched alkanes of at least 4 members (excludes halogenated alkanes) is 1. The third-order valence-electron chi connectivity index (χ3n) is 17.3. The molecule has 4 amide bonds. The van der Waals surface area contributed by atoms with Crippen LogP contribution >= 0.6 is 46.4 Å². The summed E-state index contributed by atoms with van der Waals surface area (Å²) in [6, 6.07) is 20.0. The van der Waals surface area contributed by atoms with Crippen molar-refractivity contribution in [3.8, 4) is 11.5 Å². The van der Waals surface area contributed by atoms with E-state index in [0.717, 1.165) is 74.1 Å². The molecule has 0 bridgehead atoms. The molecule has 10 rings (SSSR count). The number of urea groups is 2. The molecule has 28 nitrogen and oxygen atoms in total. The maximum atomic E-state index is 13.1. The van der Waals surface area contributed by atoms with E-state index in [4.69, 9.17) is 86.3 Å². The second-order valence-corrected chi connectivity index (χ2v) is 28.8. The lowest BCUT2D eigenvalue weighted by atomic mass is 10.0. The molecule has 2 fully saturated rings. The van der Waals surface area contributed by atoms with Gasteiger partial charge in [-0.1, -0.05) is 56.8 Å². The van der Waals surface area contributed by atoms with Crippen LogP contribution in [0.5, 0.6) is 11.5 Å². The highest BCUT2D eigenvalue weighted by Crippen LogP contribution is 2.45. The maximum absolute atomic E-state index is 13.1. The molecule has 98 heavy (non-hydrogen) atoms. The van der Waals surface area contributed by atoms with Crippen molar-refractivity contribution in [2.24, 2.45) is 11.5 Å². The van der Waals surface area contributed by atoms with Gasteiger partial charge in [0.25, 0.3) is 0 Å². The molecule has 34 heteroatoms. The maximum Gasteiger partial charge on any atom is 0.315 e. The minimum Gasteiger partial charge on any atom is -0.484 e. The number of thiol groups is 1. The van der Waals surface area contributed by atoms with E-state index in [1.54, 1.807) is 70.3 Å². The number of fused-ring (bicyclic) bond motifs is 2. The standard InChI is InChI=1S/C64H86Cl4N16O12S2/c65-43-31-55-53(57(67)33-43)35-59(80-18-3-5-45(69)39-80)61(55)95-50-9-7-49(8-10-50)84(97(87)88)22-26-94-30-29-93-25-21-83-42-48(77-79-83)38-74-64(86)72-16-2-1-15-71-63(85)73-37-47-41-82(78-76-47)20-24-92-28-27-91-23-17-75-98(89,90)52-13-11-51(12-14-52)96-62-56-32-44(66)34-58(68)54(56)36-60(62)81-19-4-6-46(70)40-81/h7-14,31-34,41-42,45-46,59-62,75,97H,1-6,15-30,35-40,69-70H2,(H2,71,73,85)(H2,72,74,86)/t45-,46-,59+,60+,61+,62+/m1/s1. The molecule has 6 aromatic rings. The molecule has 534 valence electrons. The van der Waals surface area contributed by atoms with Gasteiger partial charge in [0.15, 0.2) is 0 Å². The number of carbonyl (C=O) groups is 2. The zero-order chi connectivity index (χ0) is 69.0. The van der Waals surface area contributed by atoms with Crippen molar-refractivity contribution in [3.63, 3.8) is 0 Å². The Morgan fingerprint density at radius 3 is 1.52 bits per heavy atom. The third kappa shape index (κ3) is 21.7. The number of halogens is 4. The minimum absolute atomic E-state index is 0.00326. The SMILES string of the molecule is N[C@@H]1CCCN([C@H]2Cc3c(Cl)cc(Cl)cc3[C@@H]2Oc2ccc(N(CCOCCOCCn3cc(CNC(=O)NCCCCNC(=O)NCc4cn(CCOCCOCCNS(=O)(=O)c5ccc(O[C@H]6c7cc(Cl)cc(Cl)c7C[C@@H]6N6CCC[C@@H](N)C6)cc5)nn4)nn3)[SH](=O)=O)cc2)C1. The number of hydrogen-bond acceptors (Lipinski definition) is 20. The number of nitrogens with zero attached hydrogens (tertiary/aromatic N) is 9. The first kappa shape index (κ1) is 74.5. The van der Waals surface area contributed by atoms with Crippen LogP contribution in [0.3, 0.4) is 0 Å². The summed E-state index contributed by atoms with van der Waals surface area (Å²) in [5, 5.41) is 29.8. The third-order valence-corrected chi connectivity index (χ3v) is 20.7. The number of likely N-dealkylation sites (tertiary alicyclic amines) is 2. The van der Waals surface area contributed by atoms with Gasteiger partial charge in [-0.3, -0.25) is 14.1 Å². The summed E-state index contributed by atoms with van der Waals surface area (Å²) in [7, 11) is -6.77. The van der Waals surface area contributed by atoms with Gasteiger partial charge in [-0.25, -0.2) is 40.5 Å². The zero-order valence-electron chi connectivity index (χ0n) is 54.3. The molecule has 2 aliphatic carbocycles. The number of rotatable bonds is 37. The summed E-state index contributed by atoms with van der Waals surface area (Å²) < 4.78 is 93.7. The Morgan fingerprint density at radius 1 is 0.592 bits per heavy atom. The quantitative estimate of drug-likeness (QED) is 0.0174. The number of piperidine rings is 2. The van der Waals surface area contributed by atoms with Crippen molar-refractivity contribution in [3.05, 3.63) is 139 Å². The molecule has 6 atom stereocenters. The molecule has 4 aliphatic rings. The summed E-state index contributed by atoms with van der Waals surface area (Å²) >= 11 is 26.2. The number of nitrogens with two attached hydrogens (primary N) is 2. The lowest BCUT2D eigenvalue weighted by Gasteiger charge is -2.38. The Bertz CT molecular complexity index is 3760. The average Bonchev–Trinajstić information content (AvgIpc) is 1.62. The highest BCUT2D eigenvalue weighted by atomic mass is 35.5. The molecule has 4 heterocycles. The van der Waals surface area contributed by atoms with Crippen LogP contribution in [0.15, 0.2) is 90.1 Å². The molecule has 4 aromatic carbocycles. The molecule has 0 saturated carbocycles. The van der Waals surface area contributed by atoms with Crippen LogP contribution in [0.2, 0.25) is 20.1 Å². The monoisotopic (exact) mass is 1470 g/mol. The van der Waals surface area contributed by atoms with Crippen LogP contribution in [0, 0.1) is 0 Å². The number of amides is 4. The van der Waals surface area contributed by atoms with E-state index in [0.29, 0.717) is 114 Å². The first-order valence-electron chi connectivity index (χ1n) is 32.9. The number of nitrogens with one attached hydrogen (secondary N) is 5. The number of benzene rings is 4. The predicted molar refractivity (Wildman–Crippen MR) is 371 cm³/mol. The second kappa shape index (κ2) is 36.9. The lowest BCUT2D eigenvalue weighted by molar-refractivity contribution is 0.0459. The molecule has 2 aromatic heterocycles. The number of anilines is 1. The van der Waals surface area contributed by atoms with Crippen molar-refractivity contribution in [1.82, 2.24) is 65.8 Å². The molecule has 0 radical (unpaired) electrons. The summed E-state index contributed by atoms with van der Waals surface area (Å²) in [5.74, 6) is 1.10. The fraction of sp³-hybridized carbons (Fsp3) is 0.531. The van der Waals surface area contributed by atoms with Gasteiger partial charge in [-0.05, 0) is 148 Å². The normalized spacial score (nSPS) is 19.5. The number of carbonyl (C=O) groups excluding carboxylic acids is 2. The Balaban J connectivity index is 0.508. The van der Waals surface area contributed by atoms with E-state index < -0.39 is 20.9 Å². The van der Waals surface area contributed by atoms with Crippen LogP contribution in [0.1, 0.15) is 84.4 Å². The molecular formula is C64H86Cl4N16O12S2. The first-order valence-corrected chi connectivity index (χ1v) is 37.1. The summed E-state index contributed by atoms with van der Waals surface area (Å²) in [5.41, 5.74) is 18.2.